The molecule has 18 nitrogen and oxygen atoms in total. The molecule has 0 saturated carbocycles. The van der Waals surface area contributed by atoms with E-state index in [-0.39, 0.29) is 45.3 Å². The first-order valence-corrected chi connectivity index (χ1v) is 16.1. The molecule has 3 aromatic carbocycles. The Morgan fingerprint density at radius 1 is 0.979 bits per heavy atom. The van der Waals surface area contributed by atoms with Crippen molar-refractivity contribution < 1.29 is 43.8 Å². The average molecular weight is 715 g/mol. The maximum atomic E-state index is 11.3. The number of ether oxygens (including phenoxy) is 1. The summed E-state index contributed by atoms with van der Waals surface area (Å²) in [5.74, 6) is -0.285. The Hall–Kier alpha value is -4.87. The molecule has 0 heterocycles. The van der Waals surface area contributed by atoms with Gasteiger partial charge in [0.15, 0.2) is 5.69 Å². The highest BCUT2D eigenvalue weighted by molar-refractivity contribution is 7.51. The first-order chi connectivity index (χ1) is 22.3. The minimum Gasteiger partial charge on any atom is -0.480 e. The van der Waals surface area contributed by atoms with Crippen LogP contribution in [0.15, 0.2) is 48.5 Å². The fraction of sp³-hybridized carbons (Fsp3) is 0.321. The number of aryl methyl sites for hydroxylation is 1. The third-order valence-corrected chi connectivity index (χ3v) is 7.41. The number of carboxylic acids is 1. The van der Waals surface area contributed by atoms with Gasteiger partial charge in [-0.25, -0.2) is 0 Å². The minimum absolute atomic E-state index is 0.0109. The predicted octanol–water partition coefficient (Wildman–Crippen LogP) is 6.14. The molecule has 0 radical (unpaired) electrons. The van der Waals surface area contributed by atoms with Crippen LogP contribution in [-0.2, 0) is 9.36 Å². The summed E-state index contributed by atoms with van der Waals surface area (Å²) in [7, 11) is -4.10. The molecule has 0 aliphatic rings. The number of anilines is 2. The van der Waals surface area contributed by atoms with E-state index in [1.54, 1.807) is 38.1 Å². The lowest BCUT2D eigenvalue weighted by atomic mass is 10.0. The number of hydrogen-bond acceptors (Lipinski definition) is 12. The molecule has 0 amide bonds. The van der Waals surface area contributed by atoms with Crippen molar-refractivity contribution in [1.82, 2.24) is 5.32 Å². The second kappa shape index (κ2) is 19.1. The van der Waals surface area contributed by atoms with Gasteiger partial charge in [-0.2, -0.15) is 0 Å². The number of nitrogen functional groups attached to an aromatic ring is 1. The Morgan fingerprint density at radius 2 is 1.54 bits per heavy atom. The van der Waals surface area contributed by atoms with Crippen LogP contribution in [0.25, 0.3) is 0 Å². The third-order valence-electron chi connectivity index (χ3n) is 6.39. The van der Waals surface area contributed by atoms with Crippen LogP contribution in [0.4, 0.5) is 28.4 Å². The third kappa shape index (κ3) is 13.1. The van der Waals surface area contributed by atoms with Crippen molar-refractivity contribution in [2.45, 2.75) is 46.6 Å². The number of benzene rings is 3. The molecule has 0 aliphatic carbocycles. The molecule has 3 rings (SSSR count). The van der Waals surface area contributed by atoms with Crippen LogP contribution < -0.4 is 21.1 Å². The van der Waals surface area contributed by atoms with E-state index in [1.165, 1.54) is 18.2 Å². The van der Waals surface area contributed by atoms with Crippen molar-refractivity contribution >= 4 is 53.6 Å². The van der Waals surface area contributed by atoms with Crippen LogP contribution in [0.2, 0.25) is 5.02 Å². The van der Waals surface area contributed by atoms with E-state index in [9.17, 15) is 39.7 Å². The van der Waals surface area contributed by atoms with Gasteiger partial charge < -0.3 is 30.7 Å². The highest BCUT2D eigenvalue weighted by Crippen LogP contribution is 2.40. The molecule has 48 heavy (non-hydrogen) atoms. The van der Waals surface area contributed by atoms with Crippen molar-refractivity contribution in [2.24, 2.45) is 0 Å². The van der Waals surface area contributed by atoms with Gasteiger partial charge in [0, 0.05) is 23.7 Å². The van der Waals surface area contributed by atoms with Crippen molar-refractivity contribution in [1.29, 1.82) is 0 Å². The molecule has 20 heteroatoms. The van der Waals surface area contributed by atoms with Crippen LogP contribution >= 0.6 is 19.2 Å². The fourth-order valence-corrected chi connectivity index (χ4v) is 4.42. The molecule has 0 fully saturated rings. The Morgan fingerprint density at radius 3 is 2.00 bits per heavy atom. The van der Waals surface area contributed by atoms with Crippen LogP contribution in [0.1, 0.15) is 37.8 Å². The fourth-order valence-electron chi connectivity index (χ4n) is 3.82. The molecule has 262 valence electrons. The summed E-state index contributed by atoms with van der Waals surface area (Å²) in [5.41, 5.74) is 5.80. The van der Waals surface area contributed by atoms with Gasteiger partial charge in [-0.05, 0) is 50.5 Å². The molecule has 0 spiro atoms. The summed E-state index contributed by atoms with van der Waals surface area (Å²) in [6, 6.07) is 13.0. The SMILES string of the molecule is CCC(CC)Nc1c([N+](=O)[O-])cc(C)c(C)c1[N+](=O)[O-].Nc1c([N+](=O)[O-])ccc(Oc2ccccc2)c1Cl.O=C(O)CNCP(=O)(O)O. The van der Waals surface area contributed by atoms with E-state index in [0.717, 1.165) is 12.8 Å². The maximum Gasteiger partial charge on any atom is 0.339 e. The predicted molar refractivity (Wildman–Crippen MR) is 179 cm³/mol. The van der Waals surface area contributed by atoms with E-state index in [1.807, 2.05) is 19.9 Å². The number of nitrogens with one attached hydrogen (secondary N) is 2. The number of nitrogens with zero attached hydrogens (tertiary/aromatic N) is 3. The highest BCUT2D eigenvalue weighted by Gasteiger charge is 2.30. The number of para-hydroxylation sites is 1. The maximum absolute atomic E-state index is 11.3. The van der Waals surface area contributed by atoms with Gasteiger partial charge in [0.2, 0.25) is 0 Å². The molecular formula is C28H36ClN6O12P. The van der Waals surface area contributed by atoms with Crippen LogP contribution in [-0.4, -0.2) is 54.5 Å². The van der Waals surface area contributed by atoms with Crippen LogP contribution in [0.5, 0.6) is 11.5 Å². The van der Waals surface area contributed by atoms with Gasteiger partial charge in [-0.1, -0.05) is 43.6 Å². The van der Waals surface area contributed by atoms with Gasteiger partial charge in [0.1, 0.15) is 22.2 Å². The number of nitro groups is 3. The van der Waals surface area contributed by atoms with E-state index >= 15 is 0 Å². The Labute approximate surface area is 279 Å². The smallest absolute Gasteiger partial charge is 0.339 e. The quantitative estimate of drug-likeness (QED) is 0.0501. The topological polar surface area (TPSA) is 284 Å². The Balaban J connectivity index is 0.000000380. The summed E-state index contributed by atoms with van der Waals surface area (Å²) < 4.78 is 15.5. The summed E-state index contributed by atoms with van der Waals surface area (Å²) in [6.45, 7) is 6.66. The summed E-state index contributed by atoms with van der Waals surface area (Å²) in [6.07, 6.45) is 0.870. The van der Waals surface area contributed by atoms with Crippen molar-refractivity contribution in [3.8, 4) is 11.5 Å². The van der Waals surface area contributed by atoms with E-state index in [0.29, 0.717) is 16.9 Å². The number of rotatable bonds is 13. The van der Waals surface area contributed by atoms with Crippen molar-refractivity contribution in [3.05, 3.63) is 95.0 Å². The molecule has 0 aromatic heterocycles. The number of nitro benzene ring substituents is 3. The van der Waals surface area contributed by atoms with Gasteiger partial charge in [-0.3, -0.25) is 45.0 Å². The largest absolute Gasteiger partial charge is 0.480 e. The van der Waals surface area contributed by atoms with Gasteiger partial charge in [-0.15, -0.1) is 0 Å². The second-order valence-corrected chi connectivity index (χ2v) is 11.9. The lowest BCUT2D eigenvalue weighted by molar-refractivity contribution is -0.392. The second-order valence-electron chi connectivity index (χ2n) is 9.86. The molecule has 7 N–H and O–H groups in total. The number of aliphatic carboxylic acids is 1. The molecule has 0 aliphatic heterocycles. The van der Waals surface area contributed by atoms with Crippen molar-refractivity contribution in [2.75, 3.05) is 23.9 Å². The number of nitrogens with two attached hydrogens (primary N) is 1. The number of hydrogen-bond donors (Lipinski definition) is 6. The normalized spacial score (nSPS) is 10.6. The number of halogens is 1. The zero-order valence-electron chi connectivity index (χ0n) is 26.3. The van der Waals surface area contributed by atoms with Crippen LogP contribution in [0, 0.1) is 44.2 Å². The molecule has 0 bridgehead atoms. The Kier molecular flexibility index (Phi) is 16.4. The zero-order valence-corrected chi connectivity index (χ0v) is 27.9. The Bertz CT molecular complexity index is 1650. The number of carboxylic acid groups (broad SMARTS) is 1. The monoisotopic (exact) mass is 714 g/mol. The minimum atomic E-state index is -4.10. The van der Waals surface area contributed by atoms with Crippen molar-refractivity contribution in [3.63, 3.8) is 0 Å². The lowest BCUT2D eigenvalue weighted by Gasteiger charge is -2.17. The summed E-state index contributed by atoms with van der Waals surface area (Å²) in [4.78, 5) is 57.5. The molecular weight excluding hydrogens is 679 g/mol. The first-order valence-electron chi connectivity index (χ1n) is 14.0. The van der Waals surface area contributed by atoms with E-state index in [4.69, 9.17) is 37.0 Å². The standard InChI is InChI=1S/C13H19N3O4.C12H9ClN2O3.C3H8NO5P/c1-5-10(6-2)14-12-11(15(17)18)7-8(3)9(4)13(12)16(19)20;13-11-10(18-8-4-2-1-3-5-8)7-6-9(12(11)14)15(16)17;5-3(6)1-4-2-10(7,8)9/h7,10,14H,5-6H2,1-4H3;1-7H,14H2;4H,1-2H2,(H,5,6)(H2,7,8,9). The van der Waals surface area contributed by atoms with Gasteiger partial charge in [0.05, 0.1) is 27.6 Å². The van der Waals surface area contributed by atoms with E-state index in [2.05, 4.69) is 10.6 Å². The summed E-state index contributed by atoms with van der Waals surface area (Å²) in [5, 5.41) is 46.2. The molecule has 0 saturated heterocycles. The molecule has 3 aromatic rings. The van der Waals surface area contributed by atoms with E-state index < -0.39 is 41.2 Å². The van der Waals surface area contributed by atoms with Crippen LogP contribution in [0.3, 0.4) is 0 Å². The highest BCUT2D eigenvalue weighted by atomic mass is 35.5. The van der Waals surface area contributed by atoms with Gasteiger partial charge >= 0.3 is 19.3 Å². The first kappa shape index (κ1) is 41.2. The molecule has 0 unspecified atom stereocenters. The number of carbonyl (C=O) groups is 1. The summed E-state index contributed by atoms with van der Waals surface area (Å²) >= 11 is 5.94. The zero-order chi connectivity index (χ0) is 36.8. The molecule has 0 atom stereocenters. The average Bonchev–Trinajstić information content (AvgIpc) is 2.99. The van der Waals surface area contributed by atoms with Gasteiger partial charge in [0.25, 0.3) is 11.4 Å². The lowest BCUT2D eigenvalue weighted by Crippen LogP contribution is -2.23.